The van der Waals surface area contributed by atoms with E-state index < -0.39 is 11.7 Å². The Bertz CT molecular complexity index is 536. The molecule has 128 valence electrons. The van der Waals surface area contributed by atoms with Crippen molar-refractivity contribution in [1.29, 1.82) is 0 Å². The Labute approximate surface area is 137 Å². The summed E-state index contributed by atoms with van der Waals surface area (Å²) < 4.78 is 16.1. The summed E-state index contributed by atoms with van der Waals surface area (Å²) in [6.07, 6.45) is 2.98. The number of rotatable bonds is 7. The van der Waals surface area contributed by atoms with E-state index in [1.165, 1.54) is 6.21 Å². The van der Waals surface area contributed by atoms with E-state index in [4.69, 9.17) is 14.2 Å². The van der Waals surface area contributed by atoms with Crippen molar-refractivity contribution >= 4 is 12.3 Å². The number of amides is 1. The second kappa shape index (κ2) is 9.02. The molecule has 0 saturated heterocycles. The molecular formula is C17H26N2O4. The predicted octanol–water partition coefficient (Wildman–Crippen LogP) is 3.73. The lowest BCUT2D eigenvalue weighted by Gasteiger charge is -2.18. The second-order valence-corrected chi connectivity index (χ2v) is 5.98. The van der Waals surface area contributed by atoms with E-state index >= 15 is 0 Å². The van der Waals surface area contributed by atoms with Gasteiger partial charge in [-0.15, -0.1) is 0 Å². The first kappa shape index (κ1) is 18.8. The van der Waals surface area contributed by atoms with Crippen molar-refractivity contribution in [3.63, 3.8) is 0 Å². The van der Waals surface area contributed by atoms with E-state index in [1.54, 1.807) is 33.9 Å². The van der Waals surface area contributed by atoms with Crippen molar-refractivity contribution < 1.29 is 19.0 Å². The first-order valence-electron chi connectivity index (χ1n) is 7.68. The molecule has 0 aliphatic heterocycles. The van der Waals surface area contributed by atoms with Crippen LogP contribution in [0.4, 0.5) is 4.79 Å². The van der Waals surface area contributed by atoms with E-state index in [0.717, 1.165) is 18.4 Å². The van der Waals surface area contributed by atoms with Crippen LogP contribution in [-0.2, 0) is 4.74 Å². The van der Waals surface area contributed by atoms with Crippen LogP contribution >= 0.6 is 0 Å². The van der Waals surface area contributed by atoms with E-state index in [0.29, 0.717) is 18.1 Å². The van der Waals surface area contributed by atoms with Crippen molar-refractivity contribution in [1.82, 2.24) is 5.43 Å². The van der Waals surface area contributed by atoms with Gasteiger partial charge < -0.3 is 14.2 Å². The third-order valence-electron chi connectivity index (χ3n) is 2.71. The minimum atomic E-state index is -0.597. The van der Waals surface area contributed by atoms with Crippen molar-refractivity contribution in [3.05, 3.63) is 23.8 Å². The number of carbonyl (C=O) groups excluding carboxylic acids is 1. The highest BCUT2D eigenvalue weighted by atomic mass is 16.6. The van der Waals surface area contributed by atoms with Gasteiger partial charge in [-0.25, -0.2) is 10.2 Å². The minimum absolute atomic E-state index is 0.555. The Morgan fingerprint density at radius 1 is 1.30 bits per heavy atom. The molecule has 0 unspecified atom stereocenters. The number of unbranched alkanes of at least 4 members (excludes halogenated alkanes) is 1. The molecule has 0 atom stereocenters. The maximum Gasteiger partial charge on any atom is 0.428 e. The zero-order chi connectivity index (χ0) is 17.3. The molecule has 6 nitrogen and oxygen atoms in total. The number of ether oxygens (including phenoxy) is 3. The van der Waals surface area contributed by atoms with Crippen LogP contribution in [0.3, 0.4) is 0 Å². The van der Waals surface area contributed by atoms with Crippen LogP contribution in [0.25, 0.3) is 0 Å². The minimum Gasteiger partial charge on any atom is -0.493 e. The van der Waals surface area contributed by atoms with Crippen LogP contribution < -0.4 is 14.9 Å². The molecule has 0 aliphatic rings. The fourth-order valence-electron chi connectivity index (χ4n) is 1.67. The van der Waals surface area contributed by atoms with Crippen molar-refractivity contribution in [2.75, 3.05) is 13.7 Å². The highest BCUT2D eigenvalue weighted by Gasteiger charge is 2.15. The molecular weight excluding hydrogens is 296 g/mol. The predicted molar refractivity (Wildman–Crippen MR) is 90.4 cm³/mol. The number of benzene rings is 1. The van der Waals surface area contributed by atoms with Gasteiger partial charge in [0.25, 0.3) is 0 Å². The second-order valence-electron chi connectivity index (χ2n) is 5.98. The lowest BCUT2D eigenvalue weighted by Crippen LogP contribution is -2.29. The van der Waals surface area contributed by atoms with Gasteiger partial charge in [0.2, 0.25) is 0 Å². The Hall–Kier alpha value is -2.24. The molecule has 0 radical (unpaired) electrons. The van der Waals surface area contributed by atoms with Crippen LogP contribution in [0.2, 0.25) is 0 Å². The van der Waals surface area contributed by atoms with Gasteiger partial charge in [-0.2, -0.15) is 5.10 Å². The summed E-state index contributed by atoms with van der Waals surface area (Å²) in [6, 6.07) is 5.45. The third kappa shape index (κ3) is 7.54. The Morgan fingerprint density at radius 3 is 2.65 bits per heavy atom. The normalized spacial score (nSPS) is 11.3. The van der Waals surface area contributed by atoms with Gasteiger partial charge >= 0.3 is 6.09 Å². The molecule has 6 heteroatoms. The van der Waals surface area contributed by atoms with Gasteiger partial charge in [0, 0.05) is 0 Å². The van der Waals surface area contributed by atoms with E-state index in [2.05, 4.69) is 17.5 Å². The topological polar surface area (TPSA) is 69.2 Å². The van der Waals surface area contributed by atoms with Gasteiger partial charge in [0.15, 0.2) is 11.5 Å². The average molecular weight is 322 g/mol. The van der Waals surface area contributed by atoms with Crippen molar-refractivity contribution in [2.24, 2.45) is 5.10 Å². The lowest BCUT2D eigenvalue weighted by molar-refractivity contribution is 0.0529. The summed E-state index contributed by atoms with van der Waals surface area (Å²) in [7, 11) is 1.59. The summed E-state index contributed by atoms with van der Waals surface area (Å²) in [4.78, 5) is 11.5. The van der Waals surface area contributed by atoms with Gasteiger partial charge in [-0.05, 0) is 51.0 Å². The van der Waals surface area contributed by atoms with Crippen LogP contribution in [0, 0.1) is 0 Å². The van der Waals surface area contributed by atoms with Gasteiger partial charge in [-0.3, -0.25) is 0 Å². The molecule has 0 spiro atoms. The fraction of sp³-hybridized carbons (Fsp3) is 0.529. The Kier molecular flexibility index (Phi) is 7.38. The molecule has 1 aromatic rings. The standard InChI is InChI=1S/C17H26N2O4/c1-6-7-10-22-14-9-8-13(11-15(14)21-5)12-18-19-16(20)23-17(2,3)4/h8-9,11-12H,6-7,10H2,1-5H3,(H,19,20)/b18-12-. The number of methoxy groups -OCH3 is 1. The summed E-state index contributed by atoms with van der Waals surface area (Å²) >= 11 is 0. The van der Waals surface area contributed by atoms with E-state index in [9.17, 15) is 4.79 Å². The highest BCUT2D eigenvalue weighted by Crippen LogP contribution is 2.27. The molecule has 0 saturated carbocycles. The number of nitrogens with zero attached hydrogens (tertiary/aromatic N) is 1. The van der Waals surface area contributed by atoms with E-state index in [1.807, 2.05) is 12.1 Å². The maximum absolute atomic E-state index is 11.5. The van der Waals surface area contributed by atoms with Crippen molar-refractivity contribution in [3.8, 4) is 11.5 Å². The molecule has 0 fully saturated rings. The molecule has 1 amide bonds. The third-order valence-corrected chi connectivity index (χ3v) is 2.71. The summed E-state index contributed by atoms with van der Waals surface area (Å²) in [5.41, 5.74) is 2.54. The molecule has 1 N–H and O–H groups in total. The smallest absolute Gasteiger partial charge is 0.428 e. The molecule has 0 bridgehead atoms. The van der Waals surface area contributed by atoms with Crippen LogP contribution in [0.15, 0.2) is 23.3 Å². The first-order valence-corrected chi connectivity index (χ1v) is 7.68. The Morgan fingerprint density at radius 2 is 2.04 bits per heavy atom. The van der Waals surface area contributed by atoms with Crippen LogP contribution in [0.5, 0.6) is 11.5 Å². The van der Waals surface area contributed by atoms with E-state index in [-0.39, 0.29) is 0 Å². The molecule has 1 aromatic carbocycles. The summed E-state index contributed by atoms with van der Waals surface area (Å²) in [5, 5.41) is 3.86. The first-order chi connectivity index (χ1) is 10.9. The Balaban J connectivity index is 2.63. The maximum atomic E-state index is 11.5. The molecule has 0 heterocycles. The number of carbonyl (C=O) groups is 1. The van der Waals surface area contributed by atoms with Gasteiger partial charge in [-0.1, -0.05) is 13.3 Å². The van der Waals surface area contributed by atoms with Gasteiger partial charge in [0.05, 0.1) is 19.9 Å². The zero-order valence-corrected chi connectivity index (χ0v) is 14.5. The number of nitrogens with one attached hydrogen (secondary N) is 1. The number of hydrazone groups is 1. The van der Waals surface area contributed by atoms with Crippen molar-refractivity contribution in [2.45, 2.75) is 46.1 Å². The monoisotopic (exact) mass is 322 g/mol. The highest BCUT2D eigenvalue weighted by molar-refractivity contribution is 5.82. The molecule has 0 aliphatic carbocycles. The van der Waals surface area contributed by atoms with Gasteiger partial charge in [0.1, 0.15) is 5.60 Å². The lowest BCUT2D eigenvalue weighted by atomic mass is 10.2. The largest absolute Gasteiger partial charge is 0.493 e. The summed E-state index contributed by atoms with van der Waals surface area (Å²) in [6.45, 7) is 8.13. The van der Waals surface area contributed by atoms with Crippen LogP contribution in [0.1, 0.15) is 46.1 Å². The number of hydrogen-bond donors (Lipinski definition) is 1. The summed E-state index contributed by atoms with van der Waals surface area (Å²) in [5.74, 6) is 1.32. The number of hydrogen-bond acceptors (Lipinski definition) is 5. The molecule has 0 aromatic heterocycles. The quantitative estimate of drug-likeness (QED) is 0.472. The van der Waals surface area contributed by atoms with Crippen LogP contribution in [-0.4, -0.2) is 31.6 Å². The molecule has 1 rings (SSSR count). The average Bonchev–Trinajstić information content (AvgIpc) is 2.46. The molecule has 23 heavy (non-hydrogen) atoms. The fourth-order valence-corrected chi connectivity index (χ4v) is 1.67. The zero-order valence-electron chi connectivity index (χ0n) is 14.5. The SMILES string of the molecule is CCCCOc1ccc(/C=N\NC(=O)OC(C)(C)C)cc1OC.